The highest BCUT2D eigenvalue weighted by Gasteiger charge is 2.29. The average Bonchev–Trinajstić information content (AvgIpc) is 3.24. The maximum atomic E-state index is 14.3. The van der Waals surface area contributed by atoms with Gasteiger partial charge in [0.15, 0.2) is 0 Å². The molecule has 0 N–H and O–H groups in total. The van der Waals surface area contributed by atoms with Gasteiger partial charge in [-0.2, -0.15) is 0 Å². The number of carbonyl (C=O) groups is 1. The number of hydrogen-bond acceptors (Lipinski definition) is 2. The summed E-state index contributed by atoms with van der Waals surface area (Å²) < 4.78 is 14.3. The molecule has 2 aromatic rings. The molecule has 27 heavy (non-hydrogen) atoms. The third kappa shape index (κ3) is 4.06. The minimum atomic E-state index is -0.181. The van der Waals surface area contributed by atoms with Gasteiger partial charge in [0, 0.05) is 31.1 Å². The van der Waals surface area contributed by atoms with Crippen LogP contribution in [0.15, 0.2) is 48.5 Å². The Bertz CT molecular complexity index is 792. The zero-order valence-corrected chi connectivity index (χ0v) is 15.7. The van der Waals surface area contributed by atoms with Crippen molar-refractivity contribution in [3.8, 4) is 11.1 Å². The molecule has 2 aromatic carbocycles. The molecule has 0 spiro atoms. The van der Waals surface area contributed by atoms with Crippen LogP contribution in [-0.2, 0) is 11.3 Å². The molecule has 4 rings (SSSR count). The van der Waals surface area contributed by atoms with E-state index in [2.05, 4.69) is 11.0 Å². The minimum Gasteiger partial charge on any atom is -0.342 e. The minimum absolute atomic E-state index is 0.181. The maximum Gasteiger partial charge on any atom is 0.225 e. The van der Waals surface area contributed by atoms with Crippen LogP contribution in [0.2, 0.25) is 0 Å². The Balaban J connectivity index is 1.41. The third-order valence-electron chi connectivity index (χ3n) is 5.93. The molecule has 0 unspecified atom stereocenters. The molecule has 0 aliphatic carbocycles. The first kappa shape index (κ1) is 18.2. The van der Waals surface area contributed by atoms with Crippen LogP contribution >= 0.6 is 0 Å². The largest absolute Gasteiger partial charge is 0.342 e. The molecule has 0 radical (unpaired) electrons. The second kappa shape index (κ2) is 8.22. The molecule has 0 saturated carbocycles. The molecule has 2 heterocycles. The van der Waals surface area contributed by atoms with Crippen molar-refractivity contribution in [3.63, 3.8) is 0 Å². The smallest absolute Gasteiger partial charge is 0.225 e. The number of piperidine rings is 1. The van der Waals surface area contributed by atoms with Crippen LogP contribution in [0.3, 0.4) is 0 Å². The van der Waals surface area contributed by atoms with E-state index in [1.54, 1.807) is 6.07 Å². The number of likely N-dealkylation sites (tertiary alicyclic amines) is 2. The van der Waals surface area contributed by atoms with Crippen LogP contribution in [0.5, 0.6) is 0 Å². The third-order valence-corrected chi connectivity index (χ3v) is 5.93. The van der Waals surface area contributed by atoms with E-state index in [0.29, 0.717) is 11.5 Å². The van der Waals surface area contributed by atoms with Crippen LogP contribution in [0.25, 0.3) is 11.1 Å². The van der Waals surface area contributed by atoms with Gasteiger partial charge in [-0.05, 0) is 56.0 Å². The first-order valence-corrected chi connectivity index (χ1v) is 10.1. The van der Waals surface area contributed by atoms with Crippen molar-refractivity contribution in [1.82, 2.24) is 9.80 Å². The summed E-state index contributed by atoms with van der Waals surface area (Å²) in [7, 11) is 0. The summed E-state index contributed by atoms with van der Waals surface area (Å²) in [6, 6.07) is 15.0. The van der Waals surface area contributed by atoms with E-state index < -0.39 is 0 Å². The first-order chi connectivity index (χ1) is 13.2. The number of carbonyl (C=O) groups excluding carboxylic acids is 1. The molecule has 2 fully saturated rings. The van der Waals surface area contributed by atoms with Crippen LogP contribution < -0.4 is 0 Å². The van der Waals surface area contributed by atoms with Crippen molar-refractivity contribution in [2.45, 2.75) is 32.2 Å². The Morgan fingerprint density at radius 3 is 2.22 bits per heavy atom. The summed E-state index contributed by atoms with van der Waals surface area (Å²) in [5.74, 6) is 0.361. The zero-order valence-electron chi connectivity index (χ0n) is 15.7. The molecular formula is C23H27FN2O. The molecule has 2 aliphatic heterocycles. The van der Waals surface area contributed by atoms with E-state index >= 15 is 0 Å². The Labute approximate surface area is 160 Å². The molecule has 0 bridgehead atoms. The van der Waals surface area contributed by atoms with E-state index in [9.17, 15) is 9.18 Å². The topological polar surface area (TPSA) is 23.6 Å². The fourth-order valence-electron chi connectivity index (χ4n) is 4.38. The van der Waals surface area contributed by atoms with Crippen LogP contribution in [0, 0.1) is 11.7 Å². The molecule has 0 atom stereocenters. The SMILES string of the molecule is O=C(C1CCN(Cc2ccccc2-c2ccccc2F)CC1)N1CCCC1. The van der Waals surface area contributed by atoms with Crippen molar-refractivity contribution in [2.24, 2.45) is 5.92 Å². The number of nitrogens with zero attached hydrogens (tertiary/aromatic N) is 2. The number of benzene rings is 2. The summed E-state index contributed by atoms with van der Waals surface area (Å²) in [5.41, 5.74) is 2.77. The van der Waals surface area contributed by atoms with Crippen LogP contribution in [-0.4, -0.2) is 41.9 Å². The molecular weight excluding hydrogens is 339 g/mol. The van der Waals surface area contributed by atoms with Gasteiger partial charge in [0.1, 0.15) is 5.82 Å². The quantitative estimate of drug-likeness (QED) is 0.804. The lowest BCUT2D eigenvalue weighted by atomic mass is 9.94. The van der Waals surface area contributed by atoms with Crippen LogP contribution in [0.1, 0.15) is 31.2 Å². The molecule has 4 heteroatoms. The summed E-state index contributed by atoms with van der Waals surface area (Å²) >= 11 is 0. The van der Waals surface area contributed by atoms with Crippen LogP contribution in [0.4, 0.5) is 4.39 Å². The van der Waals surface area contributed by atoms with Gasteiger partial charge in [0.2, 0.25) is 5.91 Å². The Hall–Kier alpha value is -2.20. The van der Waals surface area contributed by atoms with Gasteiger partial charge >= 0.3 is 0 Å². The lowest BCUT2D eigenvalue weighted by molar-refractivity contribution is -0.136. The standard InChI is InChI=1S/C23H27FN2O/c24-22-10-4-3-9-21(22)20-8-2-1-7-19(20)17-25-15-11-18(12-16-25)23(27)26-13-5-6-14-26/h1-4,7-10,18H,5-6,11-17H2. The van der Waals surface area contributed by atoms with Gasteiger partial charge in [-0.15, -0.1) is 0 Å². The first-order valence-electron chi connectivity index (χ1n) is 10.1. The van der Waals surface area contributed by atoms with Gasteiger partial charge < -0.3 is 4.90 Å². The normalized spacial score (nSPS) is 18.8. The second-order valence-electron chi connectivity index (χ2n) is 7.72. The van der Waals surface area contributed by atoms with Gasteiger partial charge in [-0.3, -0.25) is 9.69 Å². The van der Waals surface area contributed by atoms with Gasteiger partial charge in [-0.1, -0.05) is 42.5 Å². The summed E-state index contributed by atoms with van der Waals surface area (Å²) in [5, 5.41) is 0. The van der Waals surface area contributed by atoms with Crippen molar-refractivity contribution in [3.05, 3.63) is 59.9 Å². The molecule has 0 aromatic heterocycles. The van der Waals surface area contributed by atoms with Gasteiger partial charge in [0.25, 0.3) is 0 Å². The lowest BCUT2D eigenvalue weighted by Gasteiger charge is -2.33. The predicted octanol–water partition coefficient (Wildman–Crippen LogP) is 4.33. The number of halogens is 1. The summed E-state index contributed by atoms with van der Waals surface area (Å²) in [4.78, 5) is 17.1. The average molecular weight is 366 g/mol. The Kier molecular flexibility index (Phi) is 5.53. The predicted molar refractivity (Wildman–Crippen MR) is 106 cm³/mol. The van der Waals surface area contributed by atoms with Crippen molar-refractivity contribution in [2.75, 3.05) is 26.2 Å². The second-order valence-corrected chi connectivity index (χ2v) is 7.72. The zero-order chi connectivity index (χ0) is 18.6. The van der Waals surface area contributed by atoms with Crippen molar-refractivity contribution < 1.29 is 9.18 Å². The number of hydrogen-bond donors (Lipinski definition) is 0. The lowest BCUT2D eigenvalue weighted by Crippen LogP contribution is -2.41. The van der Waals surface area contributed by atoms with E-state index in [4.69, 9.17) is 0 Å². The van der Waals surface area contributed by atoms with Crippen molar-refractivity contribution in [1.29, 1.82) is 0 Å². The fourth-order valence-corrected chi connectivity index (χ4v) is 4.38. The maximum absolute atomic E-state index is 14.3. The monoisotopic (exact) mass is 366 g/mol. The van der Waals surface area contributed by atoms with E-state index in [1.165, 1.54) is 6.07 Å². The number of amides is 1. The highest BCUT2D eigenvalue weighted by molar-refractivity contribution is 5.79. The van der Waals surface area contributed by atoms with E-state index in [0.717, 1.165) is 69.5 Å². The van der Waals surface area contributed by atoms with E-state index in [1.807, 2.05) is 35.2 Å². The van der Waals surface area contributed by atoms with Crippen molar-refractivity contribution >= 4 is 5.91 Å². The number of rotatable bonds is 4. The molecule has 142 valence electrons. The summed E-state index contributed by atoms with van der Waals surface area (Å²) in [6.45, 7) is 4.53. The molecule has 3 nitrogen and oxygen atoms in total. The molecule has 1 amide bonds. The Morgan fingerprint density at radius 2 is 1.52 bits per heavy atom. The molecule has 2 aliphatic rings. The Morgan fingerprint density at radius 1 is 0.889 bits per heavy atom. The summed E-state index contributed by atoms with van der Waals surface area (Å²) in [6.07, 6.45) is 4.16. The molecule has 2 saturated heterocycles. The highest BCUT2D eigenvalue weighted by Crippen LogP contribution is 2.29. The van der Waals surface area contributed by atoms with Gasteiger partial charge in [-0.25, -0.2) is 4.39 Å². The van der Waals surface area contributed by atoms with E-state index in [-0.39, 0.29) is 11.7 Å². The van der Waals surface area contributed by atoms with Gasteiger partial charge in [0.05, 0.1) is 0 Å². The fraction of sp³-hybridized carbons (Fsp3) is 0.435. The highest BCUT2D eigenvalue weighted by atomic mass is 19.1.